The van der Waals surface area contributed by atoms with Crippen LogP contribution in [0.4, 0.5) is 5.69 Å². The summed E-state index contributed by atoms with van der Waals surface area (Å²) in [5.74, 6) is 0. The molecule has 1 aliphatic rings. The van der Waals surface area contributed by atoms with Crippen molar-refractivity contribution in [2.45, 2.75) is 25.8 Å². The third-order valence-corrected chi connectivity index (χ3v) is 3.49. The molecule has 1 unspecified atom stereocenters. The number of nitrogens with two attached hydrogens (primary N) is 1. The van der Waals surface area contributed by atoms with Gasteiger partial charge in [0.25, 0.3) is 0 Å². The average molecular weight is 234 g/mol. The van der Waals surface area contributed by atoms with Crippen molar-refractivity contribution in [2.75, 3.05) is 32.0 Å². The van der Waals surface area contributed by atoms with Crippen LogP contribution in [-0.2, 0) is 11.2 Å². The Balaban J connectivity index is 1.86. The summed E-state index contributed by atoms with van der Waals surface area (Å²) >= 11 is 0. The second-order valence-electron chi connectivity index (χ2n) is 4.66. The minimum atomic E-state index is 0.595. The smallest absolute Gasteiger partial charge is 0.0622 e. The largest absolute Gasteiger partial charge is 0.399 e. The van der Waals surface area contributed by atoms with E-state index in [4.69, 9.17) is 10.5 Å². The molecule has 1 aliphatic heterocycles. The molecule has 2 rings (SSSR count). The van der Waals surface area contributed by atoms with Crippen LogP contribution in [0.1, 0.15) is 18.9 Å². The highest BCUT2D eigenvalue weighted by atomic mass is 16.5. The van der Waals surface area contributed by atoms with Crippen molar-refractivity contribution in [3.63, 3.8) is 0 Å². The molecule has 1 saturated heterocycles. The quantitative estimate of drug-likeness (QED) is 0.809. The van der Waals surface area contributed by atoms with Gasteiger partial charge in [0.15, 0.2) is 0 Å². The summed E-state index contributed by atoms with van der Waals surface area (Å²) in [6, 6.07) is 8.79. The van der Waals surface area contributed by atoms with E-state index in [1.165, 1.54) is 12.0 Å². The lowest BCUT2D eigenvalue weighted by molar-refractivity contribution is -0.00792. The zero-order chi connectivity index (χ0) is 12.1. The predicted octanol–water partition coefficient (Wildman–Crippen LogP) is 1.92. The van der Waals surface area contributed by atoms with Gasteiger partial charge in [-0.15, -0.1) is 0 Å². The van der Waals surface area contributed by atoms with Gasteiger partial charge in [-0.3, -0.25) is 4.90 Å². The van der Waals surface area contributed by atoms with Crippen molar-refractivity contribution in [1.29, 1.82) is 0 Å². The zero-order valence-electron chi connectivity index (χ0n) is 10.6. The Bertz CT molecular complexity index is 337. The molecule has 17 heavy (non-hydrogen) atoms. The van der Waals surface area contributed by atoms with E-state index >= 15 is 0 Å². The number of benzene rings is 1. The Kier molecular flexibility index (Phi) is 4.40. The summed E-state index contributed by atoms with van der Waals surface area (Å²) in [6.45, 7) is 6.17. The fourth-order valence-electron chi connectivity index (χ4n) is 2.32. The molecule has 2 N–H and O–H groups in total. The van der Waals surface area contributed by atoms with Crippen LogP contribution in [0.2, 0.25) is 0 Å². The Labute approximate surface area is 104 Å². The summed E-state index contributed by atoms with van der Waals surface area (Å²) in [6.07, 6.45) is 2.26. The molecule has 1 fully saturated rings. The van der Waals surface area contributed by atoms with Crippen LogP contribution >= 0.6 is 0 Å². The fourth-order valence-corrected chi connectivity index (χ4v) is 2.32. The third-order valence-electron chi connectivity index (χ3n) is 3.49. The van der Waals surface area contributed by atoms with Crippen molar-refractivity contribution in [2.24, 2.45) is 0 Å². The van der Waals surface area contributed by atoms with E-state index in [0.29, 0.717) is 6.04 Å². The second kappa shape index (κ2) is 6.03. The molecule has 0 aliphatic carbocycles. The first-order valence-electron chi connectivity index (χ1n) is 6.46. The lowest BCUT2D eigenvalue weighted by Crippen LogP contribution is -2.45. The highest BCUT2D eigenvalue weighted by molar-refractivity contribution is 5.39. The van der Waals surface area contributed by atoms with Crippen LogP contribution in [-0.4, -0.2) is 37.2 Å². The van der Waals surface area contributed by atoms with Gasteiger partial charge < -0.3 is 10.5 Å². The second-order valence-corrected chi connectivity index (χ2v) is 4.66. The van der Waals surface area contributed by atoms with Gasteiger partial charge in [-0.05, 0) is 30.5 Å². The molecule has 0 amide bonds. The first-order valence-corrected chi connectivity index (χ1v) is 6.46. The Hall–Kier alpha value is -1.06. The zero-order valence-corrected chi connectivity index (χ0v) is 10.6. The number of ether oxygens (including phenoxy) is 1. The maximum atomic E-state index is 5.68. The number of hydrogen-bond donors (Lipinski definition) is 1. The molecular formula is C14H22N2O. The highest BCUT2D eigenvalue weighted by Gasteiger charge is 2.20. The Morgan fingerprint density at radius 1 is 1.35 bits per heavy atom. The monoisotopic (exact) mass is 234 g/mol. The maximum Gasteiger partial charge on any atom is 0.0622 e. The molecule has 0 saturated carbocycles. The van der Waals surface area contributed by atoms with Gasteiger partial charge in [0.2, 0.25) is 0 Å². The Morgan fingerprint density at radius 3 is 2.82 bits per heavy atom. The van der Waals surface area contributed by atoms with Crippen LogP contribution < -0.4 is 5.73 Å². The summed E-state index contributed by atoms with van der Waals surface area (Å²) in [5.41, 5.74) is 7.88. The molecule has 0 aromatic heterocycles. The first kappa shape index (κ1) is 12.4. The highest BCUT2D eigenvalue weighted by Crippen LogP contribution is 2.12. The van der Waals surface area contributed by atoms with E-state index in [2.05, 4.69) is 24.0 Å². The molecule has 0 spiro atoms. The van der Waals surface area contributed by atoms with Gasteiger partial charge in [0.05, 0.1) is 13.2 Å². The molecule has 3 nitrogen and oxygen atoms in total. The molecule has 3 heteroatoms. The van der Waals surface area contributed by atoms with Gasteiger partial charge in [-0.25, -0.2) is 0 Å². The molecule has 1 heterocycles. The van der Waals surface area contributed by atoms with Gasteiger partial charge in [-0.1, -0.05) is 19.1 Å². The SMILES string of the molecule is CCC1COCCN1CCc1ccc(N)cc1. The first-order chi connectivity index (χ1) is 8.29. The van der Waals surface area contributed by atoms with E-state index in [1.54, 1.807) is 0 Å². The Morgan fingerprint density at radius 2 is 2.12 bits per heavy atom. The lowest BCUT2D eigenvalue weighted by Gasteiger charge is -2.35. The maximum absolute atomic E-state index is 5.68. The summed E-state index contributed by atoms with van der Waals surface area (Å²) in [4.78, 5) is 2.54. The molecule has 0 radical (unpaired) electrons. The number of nitrogen functional groups attached to an aromatic ring is 1. The summed E-state index contributed by atoms with van der Waals surface area (Å²) in [7, 11) is 0. The predicted molar refractivity (Wildman–Crippen MR) is 71.0 cm³/mol. The molecule has 1 aromatic rings. The van der Waals surface area contributed by atoms with E-state index in [-0.39, 0.29) is 0 Å². The van der Waals surface area contributed by atoms with Crippen molar-refractivity contribution in [1.82, 2.24) is 4.90 Å². The summed E-state index contributed by atoms with van der Waals surface area (Å²) in [5, 5.41) is 0. The minimum Gasteiger partial charge on any atom is -0.399 e. The van der Waals surface area contributed by atoms with E-state index in [0.717, 1.165) is 38.4 Å². The molecule has 1 aromatic carbocycles. The third kappa shape index (κ3) is 3.45. The van der Waals surface area contributed by atoms with Gasteiger partial charge in [0.1, 0.15) is 0 Å². The van der Waals surface area contributed by atoms with Crippen molar-refractivity contribution in [3.8, 4) is 0 Å². The minimum absolute atomic E-state index is 0.595. The van der Waals surface area contributed by atoms with Crippen molar-refractivity contribution >= 4 is 5.69 Å². The number of hydrogen-bond acceptors (Lipinski definition) is 3. The number of rotatable bonds is 4. The van der Waals surface area contributed by atoms with E-state index in [9.17, 15) is 0 Å². The number of nitrogens with zero attached hydrogens (tertiary/aromatic N) is 1. The summed E-state index contributed by atoms with van der Waals surface area (Å²) < 4.78 is 5.51. The average Bonchev–Trinajstić information content (AvgIpc) is 2.38. The number of morpholine rings is 1. The normalized spacial score (nSPS) is 21.6. The van der Waals surface area contributed by atoms with Gasteiger partial charge >= 0.3 is 0 Å². The standard InChI is InChI=1S/C14H22N2O/c1-2-14-11-17-10-9-16(14)8-7-12-3-5-13(15)6-4-12/h3-6,14H,2,7-11,15H2,1H3. The van der Waals surface area contributed by atoms with Crippen LogP contribution in [0.5, 0.6) is 0 Å². The van der Waals surface area contributed by atoms with Crippen molar-refractivity contribution < 1.29 is 4.74 Å². The van der Waals surface area contributed by atoms with Crippen LogP contribution in [0.25, 0.3) is 0 Å². The van der Waals surface area contributed by atoms with Crippen LogP contribution in [0, 0.1) is 0 Å². The van der Waals surface area contributed by atoms with E-state index in [1.807, 2.05) is 12.1 Å². The van der Waals surface area contributed by atoms with Gasteiger partial charge in [-0.2, -0.15) is 0 Å². The topological polar surface area (TPSA) is 38.5 Å². The van der Waals surface area contributed by atoms with E-state index < -0.39 is 0 Å². The molecule has 1 atom stereocenters. The van der Waals surface area contributed by atoms with Gasteiger partial charge in [0, 0.05) is 24.8 Å². The lowest BCUT2D eigenvalue weighted by atomic mass is 10.1. The molecule has 0 bridgehead atoms. The molecule has 94 valence electrons. The van der Waals surface area contributed by atoms with Crippen LogP contribution in [0.15, 0.2) is 24.3 Å². The van der Waals surface area contributed by atoms with Crippen LogP contribution in [0.3, 0.4) is 0 Å². The van der Waals surface area contributed by atoms with Crippen molar-refractivity contribution in [3.05, 3.63) is 29.8 Å². The number of anilines is 1. The molecular weight excluding hydrogens is 212 g/mol. The fraction of sp³-hybridized carbons (Fsp3) is 0.571.